The van der Waals surface area contributed by atoms with E-state index < -0.39 is 5.97 Å². The van der Waals surface area contributed by atoms with Crippen LogP contribution in [-0.4, -0.2) is 54.3 Å². The smallest absolute Gasteiger partial charge is 0.305 e. The first-order valence-corrected chi connectivity index (χ1v) is 8.96. The number of amides is 1. The first-order valence-electron chi connectivity index (χ1n) is 8.96. The number of carboxylic acid groups (broad SMARTS) is 1. The van der Waals surface area contributed by atoms with Gasteiger partial charge in [0.1, 0.15) is 5.75 Å². The monoisotopic (exact) mass is 347 g/mol. The normalized spacial score (nSPS) is 20.4. The fraction of sp³-hybridized carbons (Fsp3) is 0.579. The average molecular weight is 347 g/mol. The molecule has 0 radical (unpaired) electrons. The van der Waals surface area contributed by atoms with Gasteiger partial charge in [-0.15, -0.1) is 0 Å². The van der Waals surface area contributed by atoms with Crippen molar-refractivity contribution in [2.45, 2.75) is 44.1 Å². The van der Waals surface area contributed by atoms with Gasteiger partial charge in [0.15, 0.2) is 0 Å². The van der Waals surface area contributed by atoms with Crippen LogP contribution in [0.2, 0.25) is 0 Å². The summed E-state index contributed by atoms with van der Waals surface area (Å²) in [7, 11) is 0. The van der Waals surface area contributed by atoms with Crippen LogP contribution >= 0.6 is 0 Å². The predicted molar refractivity (Wildman–Crippen MR) is 91.7 cm³/mol. The van der Waals surface area contributed by atoms with E-state index in [9.17, 15) is 9.59 Å². The number of carboxylic acids is 1. The number of benzene rings is 1. The molecular weight excluding hydrogens is 322 g/mol. The van der Waals surface area contributed by atoms with Gasteiger partial charge in [0.25, 0.3) is 0 Å². The molecule has 0 aromatic heterocycles. The molecule has 6 heteroatoms. The van der Waals surface area contributed by atoms with Crippen molar-refractivity contribution >= 4 is 11.9 Å². The van der Waals surface area contributed by atoms with E-state index in [2.05, 4.69) is 0 Å². The molecule has 2 aliphatic heterocycles. The number of carbonyl (C=O) groups excluding carboxylic acids is 1. The van der Waals surface area contributed by atoms with Crippen LogP contribution in [0.3, 0.4) is 0 Å². The number of ether oxygens (including phenoxy) is 2. The lowest BCUT2D eigenvalue weighted by molar-refractivity contribution is -0.140. The third-order valence-electron chi connectivity index (χ3n) is 5.02. The van der Waals surface area contributed by atoms with Crippen molar-refractivity contribution in [1.29, 1.82) is 0 Å². The van der Waals surface area contributed by atoms with Gasteiger partial charge < -0.3 is 19.5 Å². The van der Waals surface area contributed by atoms with E-state index in [0.717, 1.165) is 30.6 Å². The van der Waals surface area contributed by atoms with E-state index in [-0.39, 0.29) is 30.8 Å². The quantitative estimate of drug-likeness (QED) is 0.855. The summed E-state index contributed by atoms with van der Waals surface area (Å²) in [6, 6.07) is 7.93. The van der Waals surface area contributed by atoms with Crippen molar-refractivity contribution < 1.29 is 24.2 Å². The molecule has 2 aliphatic rings. The molecule has 1 fully saturated rings. The summed E-state index contributed by atoms with van der Waals surface area (Å²) in [4.78, 5) is 25.7. The van der Waals surface area contributed by atoms with Crippen LogP contribution in [0.1, 0.15) is 43.6 Å². The maximum Gasteiger partial charge on any atom is 0.305 e. The molecule has 1 saturated heterocycles. The second-order valence-corrected chi connectivity index (χ2v) is 6.65. The van der Waals surface area contributed by atoms with Gasteiger partial charge in [-0.3, -0.25) is 9.59 Å². The van der Waals surface area contributed by atoms with E-state index in [1.165, 1.54) is 0 Å². The van der Waals surface area contributed by atoms with Crippen molar-refractivity contribution in [2.75, 3.05) is 26.4 Å². The van der Waals surface area contributed by atoms with Crippen molar-refractivity contribution in [2.24, 2.45) is 0 Å². The molecule has 136 valence electrons. The largest absolute Gasteiger partial charge is 0.493 e. The number of hydrogen-bond acceptors (Lipinski definition) is 4. The van der Waals surface area contributed by atoms with Crippen LogP contribution in [-0.2, 0) is 14.3 Å². The summed E-state index contributed by atoms with van der Waals surface area (Å²) < 4.78 is 11.1. The number of aliphatic carboxylic acids is 1. The minimum absolute atomic E-state index is 0.0204. The van der Waals surface area contributed by atoms with Gasteiger partial charge in [0.05, 0.1) is 13.0 Å². The Kier molecular flexibility index (Phi) is 5.91. The maximum absolute atomic E-state index is 13.0. The minimum Gasteiger partial charge on any atom is -0.493 e. The molecule has 1 aromatic rings. The third-order valence-corrected chi connectivity index (χ3v) is 5.02. The molecule has 2 heterocycles. The number of carbonyl (C=O) groups is 2. The van der Waals surface area contributed by atoms with Crippen molar-refractivity contribution in [3.05, 3.63) is 29.8 Å². The summed E-state index contributed by atoms with van der Waals surface area (Å²) in [6.07, 6.45) is 2.74. The number of nitrogens with zero attached hydrogens (tertiary/aromatic N) is 1. The van der Waals surface area contributed by atoms with Gasteiger partial charge >= 0.3 is 5.97 Å². The fourth-order valence-electron chi connectivity index (χ4n) is 3.68. The first kappa shape index (κ1) is 17.7. The van der Waals surface area contributed by atoms with E-state index in [0.29, 0.717) is 26.2 Å². The standard InChI is InChI=1S/C19H25NO5/c21-18(13-14-6-12-25-17-4-2-1-3-16(14)17)20(9-5-19(22)23)15-7-10-24-11-8-15/h1-4,14-15H,5-13H2,(H,22,23)/t14-/m0/s1. The van der Waals surface area contributed by atoms with Crippen LogP contribution in [0.5, 0.6) is 5.75 Å². The third kappa shape index (κ3) is 4.51. The second kappa shape index (κ2) is 8.34. The van der Waals surface area contributed by atoms with Crippen LogP contribution in [0.4, 0.5) is 0 Å². The molecule has 1 N–H and O–H groups in total. The zero-order valence-electron chi connectivity index (χ0n) is 14.4. The highest BCUT2D eigenvalue weighted by atomic mass is 16.5. The SMILES string of the molecule is O=C(O)CCN(C(=O)C[C@@H]1CCOc2ccccc21)C1CCOCC1. The summed E-state index contributed by atoms with van der Waals surface area (Å²) in [5.41, 5.74) is 1.08. The van der Waals surface area contributed by atoms with E-state index >= 15 is 0 Å². The maximum atomic E-state index is 13.0. The molecule has 0 spiro atoms. The van der Waals surface area contributed by atoms with E-state index in [4.69, 9.17) is 14.6 Å². The topological polar surface area (TPSA) is 76.1 Å². The molecular formula is C19H25NO5. The number of para-hydroxylation sites is 1. The van der Waals surface area contributed by atoms with Gasteiger partial charge in [0.2, 0.25) is 5.91 Å². The lowest BCUT2D eigenvalue weighted by Crippen LogP contribution is -2.45. The van der Waals surface area contributed by atoms with Gasteiger partial charge in [-0.2, -0.15) is 0 Å². The van der Waals surface area contributed by atoms with Crippen LogP contribution < -0.4 is 4.74 Å². The Labute approximate surface area is 147 Å². The van der Waals surface area contributed by atoms with Gasteiger partial charge in [-0.1, -0.05) is 18.2 Å². The number of rotatable bonds is 6. The summed E-state index contributed by atoms with van der Waals surface area (Å²) >= 11 is 0. The molecule has 0 bridgehead atoms. The highest BCUT2D eigenvalue weighted by Crippen LogP contribution is 2.36. The summed E-state index contributed by atoms with van der Waals surface area (Å²) in [5.74, 6) is 0.149. The Morgan fingerprint density at radius 1 is 1.12 bits per heavy atom. The second-order valence-electron chi connectivity index (χ2n) is 6.65. The zero-order valence-corrected chi connectivity index (χ0v) is 14.4. The van der Waals surface area contributed by atoms with Gasteiger partial charge in [-0.25, -0.2) is 0 Å². The molecule has 3 rings (SSSR count). The van der Waals surface area contributed by atoms with Crippen LogP contribution in [0, 0.1) is 0 Å². The highest BCUT2D eigenvalue weighted by Gasteiger charge is 2.30. The highest BCUT2D eigenvalue weighted by molar-refractivity contribution is 5.78. The molecule has 0 saturated carbocycles. The van der Waals surface area contributed by atoms with Crippen molar-refractivity contribution in [3.8, 4) is 5.75 Å². The van der Waals surface area contributed by atoms with Crippen molar-refractivity contribution in [3.63, 3.8) is 0 Å². The van der Waals surface area contributed by atoms with Crippen LogP contribution in [0.15, 0.2) is 24.3 Å². The fourth-order valence-corrected chi connectivity index (χ4v) is 3.68. The van der Waals surface area contributed by atoms with E-state index in [1.807, 2.05) is 24.3 Å². The number of hydrogen-bond donors (Lipinski definition) is 1. The average Bonchev–Trinajstić information content (AvgIpc) is 2.63. The number of fused-ring (bicyclic) bond motifs is 1. The zero-order chi connectivity index (χ0) is 17.6. The Morgan fingerprint density at radius 3 is 2.64 bits per heavy atom. The molecule has 0 aliphatic carbocycles. The minimum atomic E-state index is -0.874. The molecule has 6 nitrogen and oxygen atoms in total. The molecule has 25 heavy (non-hydrogen) atoms. The van der Waals surface area contributed by atoms with Crippen LogP contribution in [0.25, 0.3) is 0 Å². The summed E-state index contributed by atoms with van der Waals surface area (Å²) in [5, 5.41) is 9.01. The molecule has 1 amide bonds. The molecule has 1 aromatic carbocycles. The molecule has 1 atom stereocenters. The lowest BCUT2D eigenvalue weighted by atomic mass is 9.89. The Morgan fingerprint density at radius 2 is 1.88 bits per heavy atom. The predicted octanol–water partition coefficient (Wildman–Crippen LogP) is 2.43. The Bertz CT molecular complexity index is 612. The van der Waals surface area contributed by atoms with E-state index in [1.54, 1.807) is 4.90 Å². The Balaban J connectivity index is 1.70. The van der Waals surface area contributed by atoms with Gasteiger partial charge in [-0.05, 0) is 36.8 Å². The summed E-state index contributed by atoms with van der Waals surface area (Å²) in [6.45, 7) is 2.13. The van der Waals surface area contributed by atoms with Gasteiger partial charge in [0, 0.05) is 32.2 Å². The lowest BCUT2D eigenvalue weighted by Gasteiger charge is -2.35. The van der Waals surface area contributed by atoms with Crippen molar-refractivity contribution in [1.82, 2.24) is 4.90 Å². The Hall–Kier alpha value is -2.08. The molecule has 0 unspecified atom stereocenters. The first-order chi connectivity index (χ1) is 12.1.